The largest absolute Gasteiger partial charge is 0.508 e. The lowest BCUT2D eigenvalue weighted by atomic mass is 10.0. The molecule has 0 atom stereocenters. The van der Waals surface area contributed by atoms with Crippen molar-refractivity contribution in [2.45, 2.75) is 39.3 Å². The monoisotopic (exact) mass is 379 g/mol. The lowest BCUT2D eigenvalue weighted by Gasteiger charge is -2.29. The Bertz CT molecular complexity index is 726. The molecule has 1 amide bonds. The van der Waals surface area contributed by atoms with Crippen molar-refractivity contribution in [3.05, 3.63) is 36.0 Å². The van der Waals surface area contributed by atoms with Gasteiger partial charge in [-0.2, -0.15) is 0 Å². The van der Waals surface area contributed by atoms with E-state index in [-0.39, 0.29) is 23.6 Å². The molecule has 5 nitrogen and oxygen atoms in total. The second kappa shape index (κ2) is 7.54. The van der Waals surface area contributed by atoms with Crippen molar-refractivity contribution in [1.82, 2.24) is 4.90 Å². The van der Waals surface area contributed by atoms with Crippen LogP contribution in [-0.2, 0) is 4.79 Å². The molecular formula is C18H22ClN3O2S. The number of carbonyl (C=O) groups is 1. The van der Waals surface area contributed by atoms with Crippen molar-refractivity contribution in [1.29, 1.82) is 0 Å². The van der Waals surface area contributed by atoms with Crippen molar-refractivity contribution in [2.24, 2.45) is 4.99 Å². The Morgan fingerprint density at radius 2 is 1.96 bits per heavy atom. The normalized spacial score (nSPS) is 18.1. The van der Waals surface area contributed by atoms with Gasteiger partial charge in [0.2, 0.25) is 0 Å². The molecule has 1 saturated heterocycles. The molecule has 25 heavy (non-hydrogen) atoms. The fourth-order valence-corrected chi connectivity index (χ4v) is 3.24. The number of rotatable bonds is 5. The lowest BCUT2D eigenvalue weighted by molar-refractivity contribution is -0.127. The summed E-state index contributed by atoms with van der Waals surface area (Å²) in [6.07, 6.45) is 3.35. The molecule has 1 aromatic rings. The fourth-order valence-electron chi connectivity index (χ4n) is 2.56. The van der Waals surface area contributed by atoms with Crippen LogP contribution in [0.2, 0.25) is 0 Å². The minimum atomic E-state index is -0.870. The van der Waals surface area contributed by atoms with Crippen LogP contribution in [0.15, 0.2) is 41.0 Å². The van der Waals surface area contributed by atoms with E-state index in [0.29, 0.717) is 10.8 Å². The third-order valence-corrected chi connectivity index (χ3v) is 4.34. The molecule has 0 saturated carbocycles. The Kier molecular flexibility index (Phi) is 5.85. The Balaban J connectivity index is 2.47. The average Bonchev–Trinajstić information content (AvgIpc) is 2.71. The summed E-state index contributed by atoms with van der Waals surface area (Å²) in [5.41, 5.74) is 0.424. The van der Waals surface area contributed by atoms with Crippen LogP contribution in [0.4, 0.5) is 5.69 Å². The molecule has 0 spiro atoms. The highest BCUT2D eigenvalue weighted by Gasteiger charge is 2.50. The first kappa shape index (κ1) is 19.4. The molecule has 0 aromatic heterocycles. The van der Waals surface area contributed by atoms with Gasteiger partial charge in [-0.1, -0.05) is 0 Å². The molecule has 2 rings (SSSR count). The third kappa shape index (κ3) is 3.85. The van der Waals surface area contributed by atoms with Crippen molar-refractivity contribution in [2.75, 3.05) is 10.8 Å². The maximum Gasteiger partial charge on any atom is 0.259 e. The predicted octanol–water partition coefficient (Wildman–Crippen LogP) is 3.71. The molecule has 0 radical (unpaired) electrons. The first-order valence-corrected chi connectivity index (χ1v) is 8.91. The molecular weight excluding hydrogens is 358 g/mol. The number of benzene rings is 1. The zero-order valence-electron chi connectivity index (χ0n) is 14.7. The van der Waals surface area contributed by atoms with Crippen LogP contribution in [-0.4, -0.2) is 44.7 Å². The van der Waals surface area contributed by atoms with E-state index in [1.807, 2.05) is 27.7 Å². The van der Waals surface area contributed by atoms with Crippen LogP contribution in [0.5, 0.6) is 5.75 Å². The number of amides is 1. The summed E-state index contributed by atoms with van der Waals surface area (Å²) in [6.45, 7) is 7.52. The van der Waals surface area contributed by atoms with Gasteiger partial charge in [0, 0.05) is 23.8 Å². The summed E-state index contributed by atoms with van der Waals surface area (Å²) in [7, 11) is 0. The van der Waals surface area contributed by atoms with Gasteiger partial charge in [0.25, 0.3) is 5.91 Å². The molecule has 1 N–H and O–H groups in total. The highest BCUT2D eigenvalue weighted by atomic mass is 35.5. The van der Waals surface area contributed by atoms with E-state index in [2.05, 4.69) is 4.99 Å². The lowest BCUT2D eigenvalue weighted by Crippen LogP contribution is -2.44. The van der Waals surface area contributed by atoms with Gasteiger partial charge in [-0.15, -0.1) is 11.6 Å². The molecule has 7 heteroatoms. The first-order valence-electron chi connectivity index (χ1n) is 7.97. The van der Waals surface area contributed by atoms with E-state index in [4.69, 9.17) is 23.8 Å². The minimum absolute atomic E-state index is 0.0891. The summed E-state index contributed by atoms with van der Waals surface area (Å²) >= 11 is 11.5. The number of hydrogen-bond donors (Lipinski definition) is 1. The number of carbonyl (C=O) groups excluding carboxylic acids is 1. The standard InChI is InChI=1S/C18H22ClN3O2S/c1-12(2)20-11-14(9-10-19)21-16(24)18(3,4)22(17(21)25)13-5-7-15(23)8-6-13/h5-9,11-12,23H,10H2,1-4H3/b14-9+,20-11?. The van der Waals surface area contributed by atoms with Crippen LogP contribution in [0, 0.1) is 0 Å². The van der Waals surface area contributed by atoms with E-state index in [1.54, 1.807) is 41.5 Å². The van der Waals surface area contributed by atoms with E-state index < -0.39 is 5.54 Å². The smallest absolute Gasteiger partial charge is 0.259 e. The number of phenols is 1. The van der Waals surface area contributed by atoms with Crippen molar-refractivity contribution in [3.63, 3.8) is 0 Å². The number of phenolic OH excluding ortho intramolecular Hbond substituents is 1. The van der Waals surface area contributed by atoms with Crippen molar-refractivity contribution in [3.8, 4) is 5.75 Å². The number of aliphatic imine (C=N–C) groups is 1. The van der Waals surface area contributed by atoms with Gasteiger partial charge in [-0.05, 0) is 70.3 Å². The van der Waals surface area contributed by atoms with Crippen LogP contribution in [0.25, 0.3) is 0 Å². The maximum absolute atomic E-state index is 13.1. The summed E-state index contributed by atoms with van der Waals surface area (Å²) in [4.78, 5) is 20.6. The van der Waals surface area contributed by atoms with Gasteiger partial charge in [-0.25, -0.2) is 0 Å². The van der Waals surface area contributed by atoms with Crippen LogP contribution in [0.3, 0.4) is 0 Å². The van der Waals surface area contributed by atoms with E-state index >= 15 is 0 Å². The summed E-state index contributed by atoms with van der Waals surface area (Å²) in [6, 6.07) is 6.68. The highest BCUT2D eigenvalue weighted by molar-refractivity contribution is 7.80. The first-order chi connectivity index (χ1) is 11.7. The fraction of sp³-hybridized carbons (Fsp3) is 0.389. The Morgan fingerprint density at radius 1 is 1.36 bits per heavy atom. The van der Waals surface area contributed by atoms with Gasteiger partial charge < -0.3 is 10.0 Å². The molecule has 1 aliphatic rings. The van der Waals surface area contributed by atoms with Gasteiger partial charge in [0.1, 0.15) is 11.3 Å². The van der Waals surface area contributed by atoms with Crippen LogP contribution in [0.1, 0.15) is 27.7 Å². The Morgan fingerprint density at radius 3 is 2.48 bits per heavy atom. The molecule has 1 fully saturated rings. The third-order valence-electron chi connectivity index (χ3n) is 3.83. The zero-order valence-corrected chi connectivity index (χ0v) is 16.3. The predicted molar refractivity (Wildman–Crippen MR) is 107 cm³/mol. The van der Waals surface area contributed by atoms with Gasteiger partial charge >= 0.3 is 0 Å². The van der Waals surface area contributed by atoms with Crippen molar-refractivity contribution >= 4 is 46.7 Å². The van der Waals surface area contributed by atoms with Gasteiger partial charge in [0.15, 0.2) is 5.11 Å². The highest BCUT2D eigenvalue weighted by Crippen LogP contribution is 2.35. The maximum atomic E-state index is 13.1. The Hall–Kier alpha value is -1.92. The summed E-state index contributed by atoms with van der Waals surface area (Å²) in [5.74, 6) is 0.240. The number of alkyl halides is 1. The quantitative estimate of drug-likeness (QED) is 0.481. The van der Waals surface area contributed by atoms with E-state index in [1.165, 1.54) is 4.90 Å². The number of nitrogens with zero attached hydrogens (tertiary/aromatic N) is 3. The minimum Gasteiger partial charge on any atom is -0.508 e. The van der Waals surface area contributed by atoms with Crippen LogP contribution >= 0.6 is 23.8 Å². The molecule has 1 aliphatic heterocycles. The van der Waals surface area contributed by atoms with Crippen LogP contribution < -0.4 is 4.90 Å². The second-order valence-corrected chi connectivity index (χ2v) is 7.16. The molecule has 0 aliphatic carbocycles. The topological polar surface area (TPSA) is 56.1 Å². The number of hydrogen-bond acceptors (Lipinski definition) is 4. The van der Waals surface area contributed by atoms with Crippen molar-refractivity contribution < 1.29 is 9.90 Å². The number of halogens is 1. The number of thiocarbonyl (C=S) groups is 1. The second-order valence-electron chi connectivity index (χ2n) is 6.49. The molecule has 0 unspecified atom stereocenters. The van der Waals surface area contributed by atoms with Gasteiger partial charge in [-0.3, -0.25) is 14.7 Å². The van der Waals surface area contributed by atoms with E-state index in [9.17, 15) is 9.90 Å². The Labute approximate surface area is 158 Å². The summed E-state index contributed by atoms with van der Waals surface area (Å²) < 4.78 is 0. The number of allylic oxidation sites excluding steroid dienone is 2. The molecule has 1 heterocycles. The molecule has 134 valence electrons. The average molecular weight is 380 g/mol. The SMILES string of the molecule is CC(C)N=C/C(=C\CCl)N1C(=O)C(C)(C)N(c2ccc(O)cc2)C1=S. The number of aromatic hydroxyl groups is 1. The molecule has 0 bridgehead atoms. The number of anilines is 1. The molecule has 1 aromatic carbocycles. The summed E-state index contributed by atoms with van der Waals surface area (Å²) in [5, 5.41) is 9.86. The van der Waals surface area contributed by atoms with E-state index in [0.717, 1.165) is 5.69 Å². The van der Waals surface area contributed by atoms with Gasteiger partial charge in [0.05, 0.1) is 5.70 Å². The zero-order chi connectivity index (χ0) is 18.8.